The summed E-state index contributed by atoms with van der Waals surface area (Å²) in [4.78, 5) is 31.7. The van der Waals surface area contributed by atoms with Gasteiger partial charge in [-0.1, -0.05) is 0 Å². The van der Waals surface area contributed by atoms with Gasteiger partial charge in [0.15, 0.2) is 11.6 Å². The fourth-order valence-electron chi connectivity index (χ4n) is 4.86. The Hall–Kier alpha value is -4.10. The fourth-order valence-corrected chi connectivity index (χ4v) is 4.86. The van der Waals surface area contributed by atoms with E-state index >= 15 is 4.39 Å². The zero-order chi connectivity index (χ0) is 29.9. The second-order valence-corrected chi connectivity index (χ2v) is 10.1. The number of carbonyl (C=O) groups is 2. The number of benzene rings is 1. The number of alkyl halides is 4. The molecular formula is C27H28F5N5O4. The van der Waals surface area contributed by atoms with Crippen molar-refractivity contribution in [3.8, 4) is 11.6 Å². The zero-order valence-corrected chi connectivity index (χ0v) is 22.2. The summed E-state index contributed by atoms with van der Waals surface area (Å²) >= 11 is 0. The van der Waals surface area contributed by atoms with E-state index < -0.39 is 65.3 Å². The topological polar surface area (TPSA) is 110 Å². The molecular weight excluding hydrogens is 553 g/mol. The van der Waals surface area contributed by atoms with Crippen LogP contribution >= 0.6 is 0 Å². The molecule has 1 fully saturated rings. The van der Waals surface area contributed by atoms with Crippen LogP contribution in [0, 0.1) is 17.7 Å². The van der Waals surface area contributed by atoms with Crippen molar-refractivity contribution in [2.45, 2.75) is 58.3 Å². The SMILES string of the molecule is CC(C)N(c1cc(F)c(Oc2ncc(Cn3nccn3)cc2C(F)(F)F)cc1C(=O)O)C(=O)[C@H]1CC[C@H](CF)CC1. The Labute approximate surface area is 231 Å². The lowest BCUT2D eigenvalue weighted by Crippen LogP contribution is -2.43. The monoisotopic (exact) mass is 581 g/mol. The first kappa shape index (κ1) is 29.9. The number of amides is 1. The summed E-state index contributed by atoms with van der Waals surface area (Å²) in [7, 11) is 0. The van der Waals surface area contributed by atoms with Gasteiger partial charge in [0.05, 0.1) is 36.9 Å². The van der Waals surface area contributed by atoms with Gasteiger partial charge in [-0.15, -0.1) is 0 Å². The number of carboxylic acids is 1. The third kappa shape index (κ3) is 6.80. The molecule has 0 aliphatic heterocycles. The largest absolute Gasteiger partial charge is 0.478 e. The number of halogens is 5. The molecule has 41 heavy (non-hydrogen) atoms. The van der Waals surface area contributed by atoms with Crippen molar-refractivity contribution in [3.05, 3.63) is 59.3 Å². The summed E-state index contributed by atoms with van der Waals surface area (Å²) in [6, 6.07) is 1.67. The van der Waals surface area contributed by atoms with Gasteiger partial charge in [0.25, 0.3) is 0 Å². The highest BCUT2D eigenvalue weighted by atomic mass is 19.4. The molecule has 1 saturated carbocycles. The van der Waals surface area contributed by atoms with E-state index in [0.717, 1.165) is 34.1 Å². The molecule has 0 atom stereocenters. The van der Waals surface area contributed by atoms with Crippen molar-refractivity contribution in [2.24, 2.45) is 11.8 Å². The summed E-state index contributed by atoms with van der Waals surface area (Å²) in [6.45, 7) is 2.64. The minimum atomic E-state index is -4.94. The van der Waals surface area contributed by atoms with Gasteiger partial charge in [-0.25, -0.2) is 14.2 Å². The van der Waals surface area contributed by atoms with Crippen LogP contribution in [0.25, 0.3) is 0 Å². The Morgan fingerprint density at radius 2 is 1.78 bits per heavy atom. The van der Waals surface area contributed by atoms with Crippen LogP contribution in [0.4, 0.5) is 27.6 Å². The van der Waals surface area contributed by atoms with Gasteiger partial charge in [-0.2, -0.15) is 28.2 Å². The van der Waals surface area contributed by atoms with E-state index in [-0.39, 0.29) is 23.7 Å². The Balaban J connectivity index is 1.68. The smallest absolute Gasteiger partial charge is 0.421 e. The number of rotatable bonds is 9. The van der Waals surface area contributed by atoms with E-state index in [2.05, 4.69) is 15.2 Å². The van der Waals surface area contributed by atoms with E-state index in [1.165, 1.54) is 12.4 Å². The highest BCUT2D eigenvalue weighted by Gasteiger charge is 2.37. The molecule has 1 N–H and O–H groups in total. The Morgan fingerprint density at radius 3 is 2.34 bits per heavy atom. The van der Waals surface area contributed by atoms with Gasteiger partial charge >= 0.3 is 12.1 Å². The van der Waals surface area contributed by atoms with Crippen molar-refractivity contribution in [1.82, 2.24) is 20.0 Å². The predicted octanol–water partition coefficient (Wildman–Crippen LogP) is 5.89. The van der Waals surface area contributed by atoms with Crippen LogP contribution in [0.15, 0.2) is 36.8 Å². The second-order valence-electron chi connectivity index (χ2n) is 10.1. The molecule has 0 bridgehead atoms. The van der Waals surface area contributed by atoms with Crippen LogP contribution in [0.2, 0.25) is 0 Å². The van der Waals surface area contributed by atoms with Crippen molar-refractivity contribution in [2.75, 3.05) is 11.6 Å². The van der Waals surface area contributed by atoms with Gasteiger partial charge in [0.2, 0.25) is 11.8 Å². The highest BCUT2D eigenvalue weighted by Crippen LogP contribution is 2.40. The molecule has 1 aromatic carbocycles. The quantitative estimate of drug-likeness (QED) is 0.314. The Bertz CT molecular complexity index is 1390. The number of carbonyl (C=O) groups excluding carboxylic acids is 1. The van der Waals surface area contributed by atoms with Gasteiger partial charge in [0.1, 0.15) is 5.56 Å². The second kappa shape index (κ2) is 12.2. The minimum absolute atomic E-state index is 0.0922. The average Bonchev–Trinajstić information content (AvgIpc) is 3.43. The number of aromatic carboxylic acids is 1. The van der Waals surface area contributed by atoms with E-state index in [4.69, 9.17) is 4.74 Å². The molecule has 9 nitrogen and oxygen atoms in total. The molecule has 2 aromatic heterocycles. The third-order valence-corrected chi connectivity index (χ3v) is 6.92. The molecule has 14 heteroatoms. The molecule has 1 aliphatic carbocycles. The zero-order valence-electron chi connectivity index (χ0n) is 22.2. The van der Waals surface area contributed by atoms with E-state index in [1.807, 2.05) is 0 Å². The molecule has 3 aromatic rings. The number of hydrogen-bond acceptors (Lipinski definition) is 6. The van der Waals surface area contributed by atoms with Crippen molar-refractivity contribution in [1.29, 1.82) is 0 Å². The maximum atomic E-state index is 15.3. The van der Waals surface area contributed by atoms with Gasteiger partial charge in [-0.3, -0.25) is 9.18 Å². The normalized spacial score (nSPS) is 17.5. The number of ether oxygens (including phenoxy) is 1. The van der Waals surface area contributed by atoms with E-state index in [1.54, 1.807) is 13.8 Å². The molecule has 0 radical (unpaired) electrons. The summed E-state index contributed by atoms with van der Waals surface area (Å²) in [5.41, 5.74) is -2.03. The maximum absolute atomic E-state index is 15.3. The van der Waals surface area contributed by atoms with Crippen molar-refractivity contribution >= 4 is 17.6 Å². The molecule has 220 valence electrons. The molecule has 0 spiro atoms. The summed E-state index contributed by atoms with van der Waals surface area (Å²) < 4.78 is 75.2. The summed E-state index contributed by atoms with van der Waals surface area (Å²) in [6.07, 6.45) is 0.650. The lowest BCUT2D eigenvalue weighted by molar-refractivity contribution is -0.139. The van der Waals surface area contributed by atoms with Crippen LogP contribution in [-0.2, 0) is 17.5 Å². The number of nitrogens with zero attached hydrogens (tertiary/aromatic N) is 5. The van der Waals surface area contributed by atoms with Crippen LogP contribution < -0.4 is 9.64 Å². The lowest BCUT2D eigenvalue weighted by Gasteiger charge is -2.34. The number of aromatic nitrogens is 4. The lowest BCUT2D eigenvalue weighted by atomic mass is 9.81. The summed E-state index contributed by atoms with van der Waals surface area (Å²) in [5.74, 6) is -5.61. The molecule has 1 amide bonds. The first-order chi connectivity index (χ1) is 19.4. The van der Waals surface area contributed by atoms with Crippen molar-refractivity contribution < 1.29 is 41.4 Å². The van der Waals surface area contributed by atoms with E-state index in [0.29, 0.717) is 25.7 Å². The summed E-state index contributed by atoms with van der Waals surface area (Å²) in [5, 5.41) is 17.6. The molecule has 1 aliphatic rings. The van der Waals surface area contributed by atoms with E-state index in [9.17, 15) is 32.3 Å². The van der Waals surface area contributed by atoms with Crippen LogP contribution in [0.3, 0.4) is 0 Å². The highest BCUT2D eigenvalue weighted by molar-refractivity contribution is 6.03. The first-order valence-corrected chi connectivity index (χ1v) is 12.9. The first-order valence-electron chi connectivity index (χ1n) is 12.9. The molecule has 4 rings (SSSR count). The maximum Gasteiger partial charge on any atom is 0.421 e. The number of anilines is 1. The Kier molecular flexibility index (Phi) is 8.88. The van der Waals surface area contributed by atoms with Crippen molar-refractivity contribution in [3.63, 3.8) is 0 Å². The van der Waals surface area contributed by atoms with Gasteiger partial charge in [-0.05, 0) is 57.1 Å². The van der Waals surface area contributed by atoms with Crippen LogP contribution in [-0.4, -0.2) is 49.7 Å². The number of pyridine rings is 1. The fraction of sp³-hybridized carbons (Fsp3) is 0.444. The molecule has 0 unspecified atom stereocenters. The van der Waals surface area contributed by atoms with Crippen LogP contribution in [0.5, 0.6) is 11.6 Å². The average molecular weight is 582 g/mol. The molecule has 2 heterocycles. The third-order valence-electron chi connectivity index (χ3n) is 6.92. The number of hydrogen-bond donors (Lipinski definition) is 1. The predicted molar refractivity (Wildman–Crippen MR) is 136 cm³/mol. The Morgan fingerprint density at radius 1 is 1.12 bits per heavy atom. The van der Waals surface area contributed by atoms with Crippen LogP contribution in [0.1, 0.15) is 61.0 Å². The van der Waals surface area contributed by atoms with Gasteiger partial charge in [0, 0.05) is 30.3 Å². The van der Waals surface area contributed by atoms with Gasteiger partial charge < -0.3 is 14.7 Å². The molecule has 0 saturated heterocycles. The standard InChI is InChI=1S/C27H28F5N5O4/c1-15(2)37(25(38)18-5-3-16(12-28)4-6-18)22-11-21(29)23(10-19(22)26(39)40)41-24-20(27(30,31)32)9-17(13-33-24)14-36-34-7-8-35-36/h7-11,13,15-16,18H,3-6,12,14H2,1-2H3,(H,39,40)/t16-,18-. The minimum Gasteiger partial charge on any atom is -0.478 e. The number of carboxylic acid groups (broad SMARTS) is 1.